The van der Waals surface area contributed by atoms with Gasteiger partial charge in [-0.1, -0.05) is 48.0 Å². The van der Waals surface area contributed by atoms with E-state index in [1.807, 2.05) is 73.5 Å². The number of hydrogen-bond donors (Lipinski definition) is 0. The van der Waals surface area contributed by atoms with Gasteiger partial charge in [-0.05, 0) is 24.6 Å². The summed E-state index contributed by atoms with van der Waals surface area (Å²) in [5, 5.41) is 0. The van der Waals surface area contributed by atoms with Crippen LogP contribution in [-0.4, -0.2) is 20.1 Å². The molecule has 0 aliphatic carbocycles. The van der Waals surface area contributed by atoms with Crippen LogP contribution in [0.15, 0.2) is 54.6 Å². The van der Waals surface area contributed by atoms with E-state index in [4.69, 9.17) is 4.74 Å². The van der Waals surface area contributed by atoms with Crippen LogP contribution in [0.1, 0.15) is 17.2 Å². The number of esters is 1. The predicted octanol–water partition coefficient (Wildman–Crippen LogP) is 3.35. The second-order valence-corrected chi connectivity index (χ2v) is 4.78. The first-order valence-electron chi connectivity index (χ1n) is 6.55. The molecule has 1 atom stereocenters. The number of anilines is 1. The zero-order chi connectivity index (χ0) is 14.5. The topological polar surface area (TPSA) is 29.5 Å². The minimum atomic E-state index is -0.441. The maximum Gasteiger partial charge on any atom is 0.333 e. The summed E-state index contributed by atoms with van der Waals surface area (Å²) in [5.41, 5.74) is 3.09. The number of likely N-dealkylation sites (N-methyl/N-ethyl adjacent to an activating group) is 1. The van der Waals surface area contributed by atoms with Crippen molar-refractivity contribution in [1.29, 1.82) is 0 Å². The summed E-state index contributed by atoms with van der Waals surface area (Å²) >= 11 is 0. The van der Waals surface area contributed by atoms with Crippen LogP contribution in [0.2, 0.25) is 0 Å². The van der Waals surface area contributed by atoms with Crippen LogP contribution < -0.4 is 4.90 Å². The third-order valence-electron chi connectivity index (χ3n) is 3.37. The van der Waals surface area contributed by atoms with Gasteiger partial charge in [0.15, 0.2) is 6.04 Å². The van der Waals surface area contributed by atoms with Crippen molar-refractivity contribution >= 4 is 11.7 Å². The number of carbonyl (C=O) groups is 1. The summed E-state index contributed by atoms with van der Waals surface area (Å²) in [6, 6.07) is 17.3. The van der Waals surface area contributed by atoms with Gasteiger partial charge in [-0.15, -0.1) is 0 Å². The maximum atomic E-state index is 12.1. The molecule has 104 valence electrons. The van der Waals surface area contributed by atoms with Gasteiger partial charge in [0, 0.05) is 12.7 Å². The Hall–Kier alpha value is -2.29. The van der Waals surface area contributed by atoms with E-state index < -0.39 is 6.04 Å². The Morgan fingerprint density at radius 2 is 1.65 bits per heavy atom. The maximum absolute atomic E-state index is 12.1. The molecule has 0 saturated carbocycles. The fraction of sp³-hybridized carbons (Fsp3) is 0.235. The second-order valence-electron chi connectivity index (χ2n) is 4.78. The molecule has 0 spiro atoms. The Bertz CT molecular complexity index is 563. The lowest BCUT2D eigenvalue weighted by Crippen LogP contribution is -2.31. The smallest absolute Gasteiger partial charge is 0.333 e. The molecule has 2 aromatic rings. The van der Waals surface area contributed by atoms with Crippen LogP contribution in [0, 0.1) is 6.92 Å². The number of hydrogen-bond acceptors (Lipinski definition) is 3. The average molecular weight is 269 g/mol. The van der Waals surface area contributed by atoms with Gasteiger partial charge in [-0.2, -0.15) is 0 Å². The highest BCUT2D eigenvalue weighted by molar-refractivity contribution is 5.81. The highest BCUT2D eigenvalue weighted by atomic mass is 16.5. The minimum Gasteiger partial charge on any atom is -0.467 e. The molecule has 3 heteroatoms. The molecule has 0 radical (unpaired) electrons. The zero-order valence-corrected chi connectivity index (χ0v) is 12.0. The summed E-state index contributed by atoms with van der Waals surface area (Å²) in [4.78, 5) is 14.1. The number of nitrogens with zero attached hydrogens (tertiary/aromatic N) is 1. The number of aryl methyl sites for hydroxylation is 1. The molecule has 0 aliphatic rings. The summed E-state index contributed by atoms with van der Waals surface area (Å²) in [6.45, 7) is 2.04. The Morgan fingerprint density at radius 1 is 1.05 bits per heavy atom. The van der Waals surface area contributed by atoms with E-state index in [2.05, 4.69) is 0 Å². The van der Waals surface area contributed by atoms with Gasteiger partial charge >= 0.3 is 5.97 Å². The van der Waals surface area contributed by atoms with Crippen molar-refractivity contribution < 1.29 is 9.53 Å². The van der Waals surface area contributed by atoms with Gasteiger partial charge < -0.3 is 9.64 Å². The van der Waals surface area contributed by atoms with E-state index in [0.717, 1.165) is 11.3 Å². The molecule has 0 N–H and O–H groups in total. The van der Waals surface area contributed by atoms with Crippen molar-refractivity contribution in [3.8, 4) is 0 Å². The summed E-state index contributed by atoms with van der Waals surface area (Å²) in [7, 11) is 3.32. The molecule has 0 fully saturated rings. The van der Waals surface area contributed by atoms with E-state index in [1.54, 1.807) is 0 Å². The third-order valence-corrected chi connectivity index (χ3v) is 3.37. The van der Waals surface area contributed by atoms with Crippen LogP contribution in [0.5, 0.6) is 0 Å². The lowest BCUT2D eigenvalue weighted by atomic mass is 10.0. The summed E-state index contributed by atoms with van der Waals surface area (Å²) < 4.78 is 4.95. The fourth-order valence-electron chi connectivity index (χ4n) is 2.19. The molecule has 0 aliphatic heterocycles. The number of rotatable bonds is 4. The summed E-state index contributed by atoms with van der Waals surface area (Å²) in [6.07, 6.45) is 0. The molecule has 3 nitrogen and oxygen atoms in total. The molecule has 0 bridgehead atoms. The van der Waals surface area contributed by atoms with Gasteiger partial charge in [-0.3, -0.25) is 0 Å². The lowest BCUT2D eigenvalue weighted by Gasteiger charge is -2.28. The SMILES string of the molecule is COC(=O)C(c1ccccc1)N(C)c1ccc(C)cc1. The Morgan fingerprint density at radius 3 is 2.20 bits per heavy atom. The molecule has 2 aromatic carbocycles. The molecule has 0 aromatic heterocycles. The second kappa shape index (κ2) is 6.24. The van der Waals surface area contributed by atoms with Gasteiger partial charge in [0.1, 0.15) is 0 Å². The number of benzene rings is 2. The van der Waals surface area contributed by atoms with E-state index in [9.17, 15) is 4.79 Å². The van der Waals surface area contributed by atoms with Gasteiger partial charge in [0.25, 0.3) is 0 Å². The number of methoxy groups -OCH3 is 1. The van der Waals surface area contributed by atoms with Crippen LogP contribution in [0.25, 0.3) is 0 Å². The van der Waals surface area contributed by atoms with Crippen molar-refractivity contribution in [2.45, 2.75) is 13.0 Å². The Kier molecular flexibility index (Phi) is 4.41. The Labute approximate surface area is 119 Å². The molecule has 1 unspecified atom stereocenters. The molecule has 0 saturated heterocycles. The quantitative estimate of drug-likeness (QED) is 0.797. The highest BCUT2D eigenvalue weighted by Gasteiger charge is 2.26. The molecule has 0 amide bonds. The van der Waals surface area contributed by atoms with Crippen LogP contribution in [0.4, 0.5) is 5.69 Å². The van der Waals surface area contributed by atoms with Crippen molar-refractivity contribution in [2.75, 3.05) is 19.1 Å². The molecule has 2 rings (SSSR count). The molecule has 20 heavy (non-hydrogen) atoms. The van der Waals surface area contributed by atoms with E-state index in [0.29, 0.717) is 0 Å². The van der Waals surface area contributed by atoms with E-state index in [1.165, 1.54) is 12.7 Å². The van der Waals surface area contributed by atoms with Crippen LogP contribution >= 0.6 is 0 Å². The molecular weight excluding hydrogens is 250 g/mol. The van der Waals surface area contributed by atoms with Crippen LogP contribution in [0.3, 0.4) is 0 Å². The number of carbonyl (C=O) groups excluding carboxylic acids is 1. The lowest BCUT2D eigenvalue weighted by molar-refractivity contribution is -0.142. The van der Waals surface area contributed by atoms with Crippen molar-refractivity contribution in [3.63, 3.8) is 0 Å². The Balaban J connectivity index is 2.36. The molecule has 0 heterocycles. The third kappa shape index (κ3) is 2.99. The molecular formula is C17H19NO2. The van der Waals surface area contributed by atoms with Gasteiger partial charge in [0.2, 0.25) is 0 Å². The summed E-state index contributed by atoms with van der Waals surface area (Å²) in [5.74, 6) is -0.265. The first kappa shape index (κ1) is 14.1. The van der Waals surface area contributed by atoms with E-state index >= 15 is 0 Å². The van der Waals surface area contributed by atoms with Crippen molar-refractivity contribution in [1.82, 2.24) is 0 Å². The van der Waals surface area contributed by atoms with Gasteiger partial charge in [0.05, 0.1) is 7.11 Å². The fourth-order valence-corrected chi connectivity index (χ4v) is 2.19. The zero-order valence-electron chi connectivity index (χ0n) is 12.0. The first-order chi connectivity index (χ1) is 9.63. The van der Waals surface area contributed by atoms with Gasteiger partial charge in [-0.25, -0.2) is 4.79 Å². The average Bonchev–Trinajstić information content (AvgIpc) is 2.49. The number of ether oxygens (including phenoxy) is 1. The normalized spacial score (nSPS) is 11.8. The monoisotopic (exact) mass is 269 g/mol. The predicted molar refractivity (Wildman–Crippen MR) is 80.8 cm³/mol. The standard InChI is InChI=1S/C17H19NO2/c1-13-9-11-15(12-10-13)18(2)16(17(19)20-3)14-7-5-4-6-8-14/h4-12,16H,1-3H3. The van der Waals surface area contributed by atoms with E-state index in [-0.39, 0.29) is 5.97 Å². The first-order valence-corrected chi connectivity index (χ1v) is 6.55. The van der Waals surface area contributed by atoms with Crippen molar-refractivity contribution in [3.05, 3.63) is 65.7 Å². The largest absolute Gasteiger partial charge is 0.467 e. The van der Waals surface area contributed by atoms with Crippen molar-refractivity contribution in [2.24, 2.45) is 0 Å². The van der Waals surface area contributed by atoms with Crippen LogP contribution in [-0.2, 0) is 9.53 Å². The minimum absolute atomic E-state index is 0.265. The highest BCUT2D eigenvalue weighted by Crippen LogP contribution is 2.26.